The smallest absolute Gasteiger partial charge is 0.370 e. The third-order valence-corrected chi connectivity index (χ3v) is 4.15. The average molecular weight is 306 g/mol. The van der Waals surface area contributed by atoms with Crippen LogP contribution in [0.1, 0.15) is 31.4 Å². The van der Waals surface area contributed by atoms with Crippen molar-refractivity contribution in [2.24, 2.45) is 0 Å². The van der Waals surface area contributed by atoms with E-state index in [9.17, 15) is 13.2 Å². The standard InChI is InChI=1S/C17H17F3N2/c1-16(2)8-9-21-15-13(16)6-7-14(22-15)11-4-3-5-12(10-11)17(18,19)20/h3-7,10H,8-9H2,1-2H3,(H,21,22). The van der Waals surface area contributed by atoms with Gasteiger partial charge in [-0.05, 0) is 30.0 Å². The highest BCUT2D eigenvalue weighted by molar-refractivity contribution is 5.65. The lowest BCUT2D eigenvalue weighted by molar-refractivity contribution is -0.137. The first kappa shape index (κ1) is 14.9. The molecular formula is C17H17F3N2. The Bertz CT molecular complexity index is 705. The maximum atomic E-state index is 12.8. The van der Waals surface area contributed by atoms with Gasteiger partial charge >= 0.3 is 6.18 Å². The summed E-state index contributed by atoms with van der Waals surface area (Å²) in [7, 11) is 0. The zero-order valence-corrected chi connectivity index (χ0v) is 12.5. The van der Waals surface area contributed by atoms with Crippen LogP contribution in [0.3, 0.4) is 0 Å². The van der Waals surface area contributed by atoms with Crippen LogP contribution in [-0.2, 0) is 11.6 Å². The van der Waals surface area contributed by atoms with Gasteiger partial charge < -0.3 is 5.32 Å². The van der Waals surface area contributed by atoms with Gasteiger partial charge in [0.25, 0.3) is 0 Å². The topological polar surface area (TPSA) is 24.9 Å². The number of fused-ring (bicyclic) bond motifs is 1. The van der Waals surface area contributed by atoms with Crippen molar-refractivity contribution in [3.63, 3.8) is 0 Å². The fourth-order valence-corrected chi connectivity index (χ4v) is 2.78. The largest absolute Gasteiger partial charge is 0.416 e. The van der Waals surface area contributed by atoms with E-state index in [0.717, 1.165) is 36.5 Å². The molecule has 1 aromatic carbocycles. The van der Waals surface area contributed by atoms with Crippen molar-refractivity contribution < 1.29 is 13.2 Å². The normalized spacial score (nSPS) is 16.8. The fraction of sp³-hybridized carbons (Fsp3) is 0.353. The maximum absolute atomic E-state index is 12.8. The molecule has 0 fully saturated rings. The molecule has 1 aromatic heterocycles. The minimum atomic E-state index is -4.34. The monoisotopic (exact) mass is 306 g/mol. The van der Waals surface area contributed by atoms with Crippen molar-refractivity contribution in [2.75, 3.05) is 11.9 Å². The van der Waals surface area contributed by atoms with E-state index in [1.165, 1.54) is 6.07 Å². The summed E-state index contributed by atoms with van der Waals surface area (Å²) in [5.41, 5.74) is 1.50. The van der Waals surface area contributed by atoms with Crippen LogP contribution in [0, 0.1) is 0 Å². The summed E-state index contributed by atoms with van der Waals surface area (Å²) in [5, 5.41) is 3.24. The van der Waals surface area contributed by atoms with Gasteiger partial charge in [-0.25, -0.2) is 4.98 Å². The fourth-order valence-electron chi connectivity index (χ4n) is 2.78. The van der Waals surface area contributed by atoms with E-state index in [0.29, 0.717) is 11.3 Å². The van der Waals surface area contributed by atoms with Gasteiger partial charge in [0.2, 0.25) is 0 Å². The molecule has 2 heterocycles. The Morgan fingerprint density at radius 1 is 1.14 bits per heavy atom. The lowest BCUT2D eigenvalue weighted by Crippen LogP contribution is -2.29. The van der Waals surface area contributed by atoms with E-state index < -0.39 is 11.7 Å². The Hall–Kier alpha value is -2.04. The maximum Gasteiger partial charge on any atom is 0.416 e. The summed E-state index contributed by atoms with van der Waals surface area (Å²) >= 11 is 0. The zero-order valence-electron chi connectivity index (χ0n) is 12.5. The molecule has 5 heteroatoms. The van der Waals surface area contributed by atoms with E-state index in [1.54, 1.807) is 12.1 Å². The first-order valence-electron chi connectivity index (χ1n) is 7.20. The SMILES string of the molecule is CC1(C)CCNc2nc(-c3cccc(C(F)(F)F)c3)ccc21. The lowest BCUT2D eigenvalue weighted by Gasteiger charge is -2.32. The predicted molar refractivity (Wildman–Crippen MR) is 80.8 cm³/mol. The molecule has 22 heavy (non-hydrogen) atoms. The molecule has 1 aliphatic rings. The van der Waals surface area contributed by atoms with Gasteiger partial charge in [0.15, 0.2) is 0 Å². The minimum Gasteiger partial charge on any atom is -0.370 e. The molecule has 0 amide bonds. The van der Waals surface area contributed by atoms with Crippen LogP contribution in [0.5, 0.6) is 0 Å². The third kappa shape index (κ3) is 2.67. The van der Waals surface area contributed by atoms with Crippen LogP contribution in [0.4, 0.5) is 19.0 Å². The number of hydrogen-bond donors (Lipinski definition) is 1. The summed E-state index contributed by atoms with van der Waals surface area (Å²) in [5.74, 6) is 0.770. The Balaban J connectivity index is 2.04. The van der Waals surface area contributed by atoms with Crippen LogP contribution in [-0.4, -0.2) is 11.5 Å². The zero-order chi connectivity index (χ0) is 16.0. The molecule has 3 rings (SSSR count). The third-order valence-electron chi connectivity index (χ3n) is 4.15. The number of benzene rings is 1. The van der Waals surface area contributed by atoms with E-state index in [2.05, 4.69) is 24.1 Å². The highest BCUT2D eigenvalue weighted by Gasteiger charge is 2.31. The van der Waals surface area contributed by atoms with Gasteiger partial charge in [0.05, 0.1) is 11.3 Å². The number of anilines is 1. The summed E-state index contributed by atoms with van der Waals surface area (Å²) in [6.45, 7) is 5.12. The number of halogens is 3. The Kier molecular flexibility index (Phi) is 3.38. The molecule has 2 aromatic rings. The van der Waals surface area contributed by atoms with Gasteiger partial charge in [0, 0.05) is 17.7 Å². The molecule has 0 saturated heterocycles. The molecule has 0 aliphatic carbocycles. The van der Waals surface area contributed by atoms with E-state index in [4.69, 9.17) is 0 Å². The van der Waals surface area contributed by atoms with Gasteiger partial charge in [-0.2, -0.15) is 13.2 Å². The van der Waals surface area contributed by atoms with Crippen molar-refractivity contribution in [3.05, 3.63) is 47.5 Å². The van der Waals surface area contributed by atoms with E-state index >= 15 is 0 Å². The molecule has 2 nitrogen and oxygen atoms in total. The lowest BCUT2D eigenvalue weighted by atomic mass is 9.79. The van der Waals surface area contributed by atoms with Crippen LogP contribution < -0.4 is 5.32 Å². The van der Waals surface area contributed by atoms with Crippen LogP contribution in [0.2, 0.25) is 0 Å². The van der Waals surface area contributed by atoms with Crippen LogP contribution >= 0.6 is 0 Å². The van der Waals surface area contributed by atoms with Gasteiger partial charge in [0.1, 0.15) is 5.82 Å². The van der Waals surface area contributed by atoms with E-state index in [-0.39, 0.29) is 5.41 Å². The molecule has 1 aliphatic heterocycles. The molecule has 0 radical (unpaired) electrons. The van der Waals surface area contributed by atoms with Gasteiger partial charge in [-0.15, -0.1) is 0 Å². The number of pyridine rings is 1. The highest BCUT2D eigenvalue weighted by Crippen LogP contribution is 2.37. The quantitative estimate of drug-likeness (QED) is 0.814. The number of hydrogen-bond acceptors (Lipinski definition) is 2. The molecule has 0 unspecified atom stereocenters. The molecule has 0 atom stereocenters. The van der Waals surface area contributed by atoms with Crippen molar-refractivity contribution in [1.82, 2.24) is 4.98 Å². The number of nitrogens with one attached hydrogen (secondary N) is 1. The average Bonchev–Trinajstić information content (AvgIpc) is 2.46. The highest BCUT2D eigenvalue weighted by atomic mass is 19.4. The molecule has 0 bridgehead atoms. The van der Waals surface area contributed by atoms with Crippen molar-refractivity contribution >= 4 is 5.82 Å². The van der Waals surface area contributed by atoms with Gasteiger partial charge in [-0.3, -0.25) is 0 Å². The number of aromatic nitrogens is 1. The first-order chi connectivity index (χ1) is 10.3. The van der Waals surface area contributed by atoms with Gasteiger partial charge in [-0.1, -0.05) is 32.0 Å². The molecule has 116 valence electrons. The summed E-state index contributed by atoms with van der Waals surface area (Å²) in [4.78, 5) is 4.52. The second-order valence-electron chi connectivity index (χ2n) is 6.23. The van der Waals surface area contributed by atoms with Crippen molar-refractivity contribution in [1.29, 1.82) is 0 Å². The minimum absolute atomic E-state index is 0.0277. The van der Waals surface area contributed by atoms with Crippen molar-refractivity contribution in [2.45, 2.75) is 31.9 Å². The van der Waals surface area contributed by atoms with Crippen molar-refractivity contribution in [3.8, 4) is 11.3 Å². The molecule has 0 spiro atoms. The molecule has 0 saturated carbocycles. The Morgan fingerprint density at radius 3 is 2.64 bits per heavy atom. The summed E-state index contributed by atoms with van der Waals surface area (Å²) in [6, 6.07) is 9.04. The van der Waals surface area contributed by atoms with Crippen LogP contribution in [0.15, 0.2) is 36.4 Å². The number of alkyl halides is 3. The van der Waals surface area contributed by atoms with E-state index in [1.807, 2.05) is 6.07 Å². The number of rotatable bonds is 1. The first-order valence-corrected chi connectivity index (χ1v) is 7.20. The molecule has 1 N–H and O–H groups in total. The number of nitrogens with zero attached hydrogens (tertiary/aromatic N) is 1. The second kappa shape index (κ2) is 5.00. The Morgan fingerprint density at radius 2 is 1.91 bits per heavy atom. The second-order valence-corrected chi connectivity index (χ2v) is 6.23. The summed E-state index contributed by atoms with van der Waals surface area (Å²) < 4.78 is 38.5. The molecular weight excluding hydrogens is 289 g/mol. The van der Waals surface area contributed by atoms with Crippen LogP contribution in [0.25, 0.3) is 11.3 Å². The Labute approximate surface area is 127 Å². The predicted octanol–water partition coefficient (Wildman–Crippen LogP) is 4.86. The summed E-state index contributed by atoms with van der Waals surface area (Å²) in [6.07, 6.45) is -3.34.